The molecular weight excluding hydrogens is 356 g/mol. The van der Waals surface area contributed by atoms with E-state index in [4.69, 9.17) is 9.47 Å². The summed E-state index contributed by atoms with van der Waals surface area (Å²) in [4.78, 5) is 24.6. The number of benzene rings is 2. The van der Waals surface area contributed by atoms with Crippen LogP contribution in [-0.2, 0) is 4.74 Å². The van der Waals surface area contributed by atoms with Crippen LogP contribution < -0.4 is 15.4 Å². The topological polar surface area (TPSA) is 76.7 Å². The number of carbonyl (C=O) groups is 2. The van der Waals surface area contributed by atoms with Gasteiger partial charge in [0, 0.05) is 29.0 Å². The van der Waals surface area contributed by atoms with Gasteiger partial charge in [-0.3, -0.25) is 9.59 Å². The van der Waals surface area contributed by atoms with E-state index in [9.17, 15) is 9.59 Å². The first kappa shape index (κ1) is 21.4. The average Bonchev–Trinajstić information content (AvgIpc) is 2.65. The van der Waals surface area contributed by atoms with Crippen molar-refractivity contribution in [1.82, 2.24) is 5.32 Å². The molecule has 150 valence electrons. The molecule has 0 unspecified atom stereocenters. The highest BCUT2D eigenvalue weighted by Gasteiger charge is 2.15. The molecule has 28 heavy (non-hydrogen) atoms. The van der Waals surface area contributed by atoms with Gasteiger partial charge in [-0.2, -0.15) is 0 Å². The molecule has 0 bridgehead atoms. The normalized spacial score (nSPS) is 11.0. The van der Waals surface area contributed by atoms with Crippen molar-refractivity contribution in [2.75, 3.05) is 25.1 Å². The van der Waals surface area contributed by atoms with E-state index in [0.717, 1.165) is 0 Å². The second-order valence-corrected chi connectivity index (χ2v) is 7.31. The lowest BCUT2D eigenvalue weighted by Gasteiger charge is -2.20. The molecular formula is C22H28N2O4. The van der Waals surface area contributed by atoms with Gasteiger partial charge in [0.05, 0.1) is 6.61 Å². The zero-order valence-electron chi connectivity index (χ0n) is 16.9. The van der Waals surface area contributed by atoms with E-state index in [1.807, 2.05) is 27.7 Å². The number of hydrogen-bond acceptors (Lipinski definition) is 4. The van der Waals surface area contributed by atoms with E-state index in [2.05, 4.69) is 10.6 Å². The first-order valence-electron chi connectivity index (χ1n) is 9.33. The number of anilines is 1. The van der Waals surface area contributed by atoms with Crippen LogP contribution in [-0.4, -0.2) is 37.2 Å². The van der Waals surface area contributed by atoms with Crippen LogP contribution in [0.1, 0.15) is 48.4 Å². The third kappa shape index (κ3) is 7.04. The van der Waals surface area contributed by atoms with Crippen molar-refractivity contribution in [3.05, 3.63) is 59.7 Å². The van der Waals surface area contributed by atoms with Crippen LogP contribution in [0.2, 0.25) is 0 Å². The second-order valence-electron chi connectivity index (χ2n) is 7.31. The Labute approximate surface area is 166 Å². The Balaban J connectivity index is 1.96. The molecule has 0 spiro atoms. The molecule has 0 saturated carbocycles. The van der Waals surface area contributed by atoms with Crippen LogP contribution in [0.3, 0.4) is 0 Å². The van der Waals surface area contributed by atoms with Crippen LogP contribution in [0.4, 0.5) is 5.69 Å². The maximum Gasteiger partial charge on any atom is 0.255 e. The fourth-order valence-electron chi connectivity index (χ4n) is 2.41. The van der Waals surface area contributed by atoms with Gasteiger partial charge in [-0.05, 0) is 70.2 Å². The highest BCUT2D eigenvalue weighted by atomic mass is 16.5. The quantitative estimate of drug-likeness (QED) is 0.677. The molecule has 2 aromatic rings. The first-order chi connectivity index (χ1) is 13.3. The lowest BCUT2D eigenvalue weighted by Crippen LogP contribution is -2.40. The van der Waals surface area contributed by atoms with Gasteiger partial charge in [0.1, 0.15) is 12.4 Å². The van der Waals surface area contributed by atoms with Gasteiger partial charge in [-0.1, -0.05) is 6.07 Å². The molecule has 0 aromatic heterocycles. The summed E-state index contributed by atoms with van der Waals surface area (Å²) >= 11 is 0. The predicted molar refractivity (Wildman–Crippen MR) is 110 cm³/mol. The molecule has 0 atom stereocenters. The minimum atomic E-state index is -0.306. The fraction of sp³-hybridized carbons (Fsp3) is 0.364. The van der Waals surface area contributed by atoms with Gasteiger partial charge >= 0.3 is 0 Å². The summed E-state index contributed by atoms with van der Waals surface area (Å²) in [5.41, 5.74) is 1.33. The molecule has 0 radical (unpaired) electrons. The van der Waals surface area contributed by atoms with E-state index in [1.54, 1.807) is 48.5 Å². The monoisotopic (exact) mass is 384 g/mol. The molecule has 2 rings (SSSR count). The summed E-state index contributed by atoms with van der Waals surface area (Å²) in [5, 5.41) is 5.73. The van der Waals surface area contributed by atoms with E-state index >= 15 is 0 Å². The molecule has 6 nitrogen and oxygen atoms in total. The van der Waals surface area contributed by atoms with Gasteiger partial charge < -0.3 is 20.1 Å². The average molecular weight is 384 g/mol. The van der Waals surface area contributed by atoms with Crippen molar-refractivity contribution >= 4 is 17.5 Å². The predicted octanol–water partition coefficient (Wildman–Crippen LogP) is 3.88. The van der Waals surface area contributed by atoms with Crippen molar-refractivity contribution in [2.24, 2.45) is 0 Å². The molecule has 0 saturated heterocycles. The zero-order chi connectivity index (χ0) is 20.6. The number of hydrogen-bond donors (Lipinski definition) is 2. The van der Waals surface area contributed by atoms with E-state index in [-0.39, 0.29) is 17.4 Å². The van der Waals surface area contributed by atoms with Gasteiger partial charge in [-0.25, -0.2) is 0 Å². The Bertz CT molecular complexity index is 795. The minimum absolute atomic E-state index is 0.151. The van der Waals surface area contributed by atoms with Gasteiger partial charge in [0.25, 0.3) is 11.8 Å². The van der Waals surface area contributed by atoms with Crippen molar-refractivity contribution in [2.45, 2.75) is 33.2 Å². The Hall–Kier alpha value is -2.86. The lowest BCUT2D eigenvalue weighted by atomic mass is 10.1. The molecule has 2 aromatic carbocycles. The molecule has 0 heterocycles. The molecule has 0 aliphatic heterocycles. The van der Waals surface area contributed by atoms with Crippen molar-refractivity contribution in [3.8, 4) is 5.75 Å². The molecule has 0 aliphatic rings. The number of amides is 2. The standard InChI is InChI=1S/C22H28N2O4/c1-5-27-13-14-28-19-8-6-7-17(15-19)20(25)23-18-11-9-16(10-12-18)21(26)24-22(2,3)4/h6-12,15H,5,13-14H2,1-4H3,(H,23,25)(H,24,26). The summed E-state index contributed by atoms with van der Waals surface area (Å²) in [6.45, 7) is 9.27. The third-order valence-electron chi connectivity index (χ3n) is 3.69. The first-order valence-corrected chi connectivity index (χ1v) is 9.33. The zero-order valence-corrected chi connectivity index (χ0v) is 16.9. The minimum Gasteiger partial charge on any atom is -0.491 e. The smallest absolute Gasteiger partial charge is 0.255 e. The van der Waals surface area contributed by atoms with Gasteiger partial charge in [-0.15, -0.1) is 0 Å². The van der Waals surface area contributed by atoms with Crippen LogP contribution in [0.15, 0.2) is 48.5 Å². The molecule has 6 heteroatoms. The van der Waals surface area contributed by atoms with E-state index in [0.29, 0.717) is 42.4 Å². The maximum atomic E-state index is 12.5. The summed E-state index contributed by atoms with van der Waals surface area (Å²) in [6.07, 6.45) is 0. The van der Waals surface area contributed by atoms with Crippen molar-refractivity contribution < 1.29 is 19.1 Å². The van der Waals surface area contributed by atoms with Crippen molar-refractivity contribution in [3.63, 3.8) is 0 Å². The molecule has 0 aliphatic carbocycles. The van der Waals surface area contributed by atoms with E-state index in [1.165, 1.54) is 0 Å². The summed E-state index contributed by atoms with van der Waals surface area (Å²) in [6, 6.07) is 13.8. The van der Waals surface area contributed by atoms with Gasteiger partial charge in [0.15, 0.2) is 0 Å². The van der Waals surface area contributed by atoms with Crippen LogP contribution >= 0.6 is 0 Å². The highest BCUT2D eigenvalue weighted by molar-refractivity contribution is 6.04. The Morgan fingerprint density at radius 2 is 1.64 bits per heavy atom. The van der Waals surface area contributed by atoms with E-state index < -0.39 is 0 Å². The number of nitrogens with one attached hydrogen (secondary N) is 2. The molecule has 0 fully saturated rings. The maximum absolute atomic E-state index is 12.5. The van der Waals surface area contributed by atoms with Crippen LogP contribution in [0.25, 0.3) is 0 Å². The summed E-state index contributed by atoms with van der Waals surface area (Å²) in [7, 11) is 0. The fourth-order valence-corrected chi connectivity index (χ4v) is 2.41. The van der Waals surface area contributed by atoms with Crippen molar-refractivity contribution in [1.29, 1.82) is 0 Å². The highest BCUT2D eigenvalue weighted by Crippen LogP contribution is 2.16. The largest absolute Gasteiger partial charge is 0.491 e. The van der Waals surface area contributed by atoms with Crippen LogP contribution in [0, 0.1) is 0 Å². The van der Waals surface area contributed by atoms with Crippen LogP contribution in [0.5, 0.6) is 5.75 Å². The Morgan fingerprint density at radius 1 is 0.929 bits per heavy atom. The third-order valence-corrected chi connectivity index (χ3v) is 3.69. The Morgan fingerprint density at radius 3 is 2.29 bits per heavy atom. The second kappa shape index (κ2) is 9.90. The number of carbonyl (C=O) groups excluding carboxylic acids is 2. The summed E-state index contributed by atoms with van der Waals surface area (Å²) < 4.78 is 10.8. The lowest BCUT2D eigenvalue weighted by molar-refractivity contribution is 0.0919. The van der Waals surface area contributed by atoms with Gasteiger partial charge in [0.2, 0.25) is 0 Å². The molecule has 2 amide bonds. The summed E-state index contributed by atoms with van der Waals surface area (Å²) in [5.74, 6) is 0.214. The number of ether oxygens (including phenoxy) is 2. The molecule has 2 N–H and O–H groups in total. The Kier molecular flexibility index (Phi) is 7.58. The number of rotatable bonds is 8. The SMILES string of the molecule is CCOCCOc1cccc(C(=O)Nc2ccc(C(=O)NC(C)(C)C)cc2)c1.